The molecule has 0 heterocycles. The quantitative estimate of drug-likeness (QED) is 0.382. The van der Waals surface area contributed by atoms with Crippen LogP contribution in [0.15, 0.2) is 12.2 Å². The van der Waals surface area contributed by atoms with Crippen molar-refractivity contribution in [2.75, 3.05) is 19.5 Å². The summed E-state index contributed by atoms with van der Waals surface area (Å²) < 4.78 is 15.9. The molecule has 0 saturated carbocycles. The fraction of sp³-hybridized carbons (Fsp3) is 0.750. The summed E-state index contributed by atoms with van der Waals surface area (Å²) in [6.45, 7) is 11.5. The lowest BCUT2D eigenvalue weighted by atomic mass is 10.2. The van der Waals surface area contributed by atoms with Crippen LogP contribution >= 0.6 is 12.0 Å². The third-order valence-corrected chi connectivity index (χ3v) is 2.44. The van der Waals surface area contributed by atoms with Crippen molar-refractivity contribution in [2.45, 2.75) is 39.4 Å². The van der Waals surface area contributed by atoms with Gasteiger partial charge in [-0.3, -0.25) is 0 Å². The highest BCUT2D eigenvalue weighted by Crippen LogP contribution is 2.16. The second-order valence-corrected chi connectivity index (χ2v) is 5.01. The van der Waals surface area contributed by atoms with Crippen molar-refractivity contribution < 1.29 is 18.5 Å². The van der Waals surface area contributed by atoms with Crippen molar-refractivity contribution in [3.63, 3.8) is 0 Å². The Balaban J connectivity index is 3.83. The van der Waals surface area contributed by atoms with E-state index in [1.807, 2.05) is 27.0 Å². The van der Waals surface area contributed by atoms with E-state index in [9.17, 15) is 4.79 Å². The number of carbonyl (C=O) groups is 1. The van der Waals surface area contributed by atoms with Crippen LogP contribution in [-0.2, 0) is 18.5 Å². The van der Waals surface area contributed by atoms with E-state index in [4.69, 9.17) is 13.7 Å². The summed E-state index contributed by atoms with van der Waals surface area (Å²) in [6.07, 6.45) is 1.70. The van der Waals surface area contributed by atoms with Crippen LogP contribution in [0.25, 0.3) is 0 Å². The maximum atomic E-state index is 11.1. The van der Waals surface area contributed by atoms with Crippen molar-refractivity contribution in [1.29, 1.82) is 0 Å². The Morgan fingerprint density at radius 2 is 2.06 bits per heavy atom. The lowest BCUT2D eigenvalue weighted by molar-refractivity contribution is -0.143. The Kier molecular flexibility index (Phi) is 7.50. The van der Waals surface area contributed by atoms with E-state index in [2.05, 4.69) is 6.58 Å². The SMILES string of the molecule is C=C(C)C(=O)OCC(C)OCC(C)(C)OSC. The van der Waals surface area contributed by atoms with Gasteiger partial charge in [-0.05, 0) is 39.7 Å². The molecule has 0 fully saturated rings. The minimum Gasteiger partial charge on any atom is -0.460 e. The van der Waals surface area contributed by atoms with Gasteiger partial charge in [0, 0.05) is 11.8 Å². The zero-order valence-corrected chi connectivity index (χ0v) is 12.1. The van der Waals surface area contributed by atoms with Gasteiger partial charge in [0.15, 0.2) is 0 Å². The molecule has 0 saturated heterocycles. The van der Waals surface area contributed by atoms with Crippen molar-refractivity contribution in [3.05, 3.63) is 12.2 Å². The van der Waals surface area contributed by atoms with Gasteiger partial charge in [-0.2, -0.15) is 0 Å². The molecule has 0 aliphatic heterocycles. The minimum absolute atomic E-state index is 0.164. The van der Waals surface area contributed by atoms with E-state index in [0.29, 0.717) is 12.2 Å². The predicted molar refractivity (Wildman–Crippen MR) is 69.9 cm³/mol. The number of carbonyl (C=O) groups excluding carboxylic acids is 1. The van der Waals surface area contributed by atoms with Gasteiger partial charge in [-0.1, -0.05) is 6.58 Å². The van der Waals surface area contributed by atoms with Crippen molar-refractivity contribution >= 4 is 18.0 Å². The maximum Gasteiger partial charge on any atom is 0.333 e. The molecule has 4 nitrogen and oxygen atoms in total. The Morgan fingerprint density at radius 3 is 2.53 bits per heavy atom. The second kappa shape index (κ2) is 7.74. The molecule has 5 heteroatoms. The van der Waals surface area contributed by atoms with E-state index >= 15 is 0 Å². The fourth-order valence-electron chi connectivity index (χ4n) is 0.957. The molecule has 0 N–H and O–H groups in total. The molecule has 100 valence electrons. The molecule has 0 aromatic heterocycles. The van der Waals surface area contributed by atoms with Gasteiger partial charge in [0.2, 0.25) is 0 Å². The Bertz CT molecular complexity index is 263. The van der Waals surface area contributed by atoms with Crippen molar-refractivity contribution in [3.8, 4) is 0 Å². The normalized spacial score (nSPS) is 13.2. The molecular formula is C12H22O4S. The average molecular weight is 262 g/mol. The third kappa shape index (κ3) is 8.24. The van der Waals surface area contributed by atoms with Crippen LogP contribution in [0.2, 0.25) is 0 Å². The molecule has 0 radical (unpaired) electrons. The summed E-state index contributed by atoms with van der Waals surface area (Å²) in [6, 6.07) is 0. The number of hydrogen-bond acceptors (Lipinski definition) is 5. The standard InChI is InChI=1S/C12H22O4S/c1-9(2)11(13)14-7-10(3)15-8-12(4,5)16-17-6/h10H,1,7-8H2,2-6H3. The highest BCUT2D eigenvalue weighted by atomic mass is 32.2. The van der Waals surface area contributed by atoms with Crippen LogP contribution in [0.3, 0.4) is 0 Å². The number of esters is 1. The predicted octanol–water partition coefficient (Wildman–Crippen LogP) is 2.58. The van der Waals surface area contributed by atoms with Crippen LogP contribution in [0.4, 0.5) is 0 Å². The third-order valence-electron chi connectivity index (χ3n) is 1.82. The molecule has 0 rings (SSSR count). The summed E-state index contributed by atoms with van der Waals surface area (Å²) in [5.41, 5.74) is 0.0368. The number of ether oxygens (including phenoxy) is 2. The fourth-order valence-corrected chi connectivity index (χ4v) is 1.46. The van der Waals surface area contributed by atoms with Crippen LogP contribution in [-0.4, -0.2) is 37.1 Å². The summed E-state index contributed by atoms with van der Waals surface area (Å²) in [5.74, 6) is -0.389. The van der Waals surface area contributed by atoms with E-state index < -0.39 is 0 Å². The Labute approximate surface area is 108 Å². The van der Waals surface area contributed by atoms with Crippen LogP contribution in [0, 0.1) is 0 Å². The van der Waals surface area contributed by atoms with E-state index in [0.717, 1.165) is 0 Å². The van der Waals surface area contributed by atoms with Gasteiger partial charge in [0.25, 0.3) is 0 Å². The molecule has 0 aromatic rings. The first-order valence-electron chi connectivity index (χ1n) is 5.44. The topological polar surface area (TPSA) is 44.8 Å². The summed E-state index contributed by atoms with van der Waals surface area (Å²) in [5, 5.41) is 0. The molecule has 0 aliphatic rings. The van der Waals surface area contributed by atoms with Crippen LogP contribution in [0.5, 0.6) is 0 Å². The van der Waals surface area contributed by atoms with E-state index in [-0.39, 0.29) is 24.3 Å². The molecule has 17 heavy (non-hydrogen) atoms. The summed E-state index contributed by atoms with van der Waals surface area (Å²) >= 11 is 1.31. The zero-order valence-electron chi connectivity index (χ0n) is 11.2. The zero-order chi connectivity index (χ0) is 13.5. The van der Waals surface area contributed by atoms with E-state index in [1.165, 1.54) is 12.0 Å². The molecule has 0 aliphatic carbocycles. The number of hydrogen-bond donors (Lipinski definition) is 0. The first-order chi connectivity index (χ1) is 7.78. The van der Waals surface area contributed by atoms with Crippen LogP contribution < -0.4 is 0 Å². The smallest absolute Gasteiger partial charge is 0.333 e. The van der Waals surface area contributed by atoms with Crippen LogP contribution in [0.1, 0.15) is 27.7 Å². The van der Waals surface area contributed by atoms with Gasteiger partial charge >= 0.3 is 5.97 Å². The minimum atomic E-state index is -0.389. The van der Waals surface area contributed by atoms with Crippen molar-refractivity contribution in [2.24, 2.45) is 0 Å². The Hall–Kier alpha value is -0.520. The van der Waals surface area contributed by atoms with Gasteiger partial charge in [-0.15, -0.1) is 0 Å². The largest absolute Gasteiger partial charge is 0.460 e. The molecule has 0 aromatic carbocycles. The number of rotatable bonds is 8. The first kappa shape index (κ1) is 16.5. The lowest BCUT2D eigenvalue weighted by Gasteiger charge is -2.25. The maximum absolute atomic E-state index is 11.1. The van der Waals surface area contributed by atoms with Gasteiger partial charge in [0.05, 0.1) is 12.7 Å². The molecule has 1 atom stereocenters. The van der Waals surface area contributed by atoms with Gasteiger partial charge in [-0.25, -0.2) is 4.79 Å². The second-order valence-electron chi connectivity index (χ2n) is 4.51. The molecule has 0 amide bonds. The molecule has 1 unspecified atom stereocenters. The summed E-state index contributed by atoms with van der Waals surface area (Å²) in [7, 11) is 0. The highest BCUT2D eigenvalue weighted by Gasteiger charge is 2.20. The van der Waals surface area contributed by atoms with Gasteiger partial charge < -0.3 is 13.7 Å². The molecular weight excluding hydrogens is 240 g/mol. The monoisotopic (exact) mass is 262 g/mol. The molecule has 0 bridgehead atoms. The average Bonchev–Trinajstić information content (AvgIpc) is 2.22. The Morgan fingerprint density at radius 1 is 1.47 bits per heavy atom. The van der Waals surface area contributed by atoms with E-state index in [1.54, 1.807) is 6.92 Å². The first-order valence-corrected chi connectivity index (χ1v) is 6.59. The lowest BCUT2D eigenvalue weighted by Crippen LogP contribution is -2.32. The van der Waals surface area contributed by atoms with Gasteiger partial charge in [0.1, 0.15) is 12.2 Å². The van der Waals surface area contributed by atoms with Crippen molar-refractivity contribution in [1.82, 2.24) is 0 Å². The highest BCUT2D eigenvalue weighted by molar-refractivity contribution is 7.93. The summed E-state index contributed by atoms with van der Waals surface area (Å²) in [4.78, 5) is 11.1. The molecule has 0 spiro atoms.